The van der Waals surface area contributed by atoms with E-state index in [1.54, 1.807) is 10.9 Å². The lowest BCUT2D eigenvalue weighted by Gasteiger charge is -2.24. The van der Waals surface area contributed by atoms with Crippen LogP contribution in [0.1, 0.15) is 19.4 Å². The maximum absolute atomic E-state index is 12.9. The second-order valence-corrected chi connectivity index (χ2v) is 7.11. The molecule has 0 saturated heterocycles. The average molecular weight is 355 g/mol. The van der Waals surface area contributed by atoms with Crippen LogP contribution in [0.2, 0.25) is 0 Å². The van der Waals surface area contributed by atoms with E-state index < -0.39 is 0 Å². The minimum absolute atomic E-state index is 0.104. The maximum Gasteiger partial charge on any atom is 0.236 e. The summed E-state index contributed by atoms with van der Waals surface area (Å²) in [5.41, 5.74) is 1.90. The van der Waals surface area contributed by atoms with Gasteiger partial charge in [0.25, 0.3) is 0 Å². The Morgan fingerprint density at radius 1 is 1.28 bits per heavy atom. The van der Waals surface area contributed by atoms with E-state index in [9.17, 15) is 4.79 Å². The smallest absolute Gasteiger partial charge is 0.236 e. The lowest BCUT2D eigenvalue weighted by Crippen LogP contribution is -2.36. The van der Waals surface area contributed by atoms with E-state index in [-0.39, 0.29) is 11.2 Å². The summed E-state index contributed by atoms with van der Waals surface area (Å²) in [5, 5.41) is 5.65. The highest BCUT2D eigenvalue weighted by Crippen LogP contribution is 2.28. The molecule has 0 unspecified atom stereocenters. The molecule has 0 N–H and O–H groups in total. The van der Waals surface area contributed by atoms with Crippen molar-refractivity contribution in [2.45, 2.75) is 30.7 Å². The van der Waals surface area contributed by atoms with Gasteiger partial charge in [-0.3, -0.25) is 9.48 Å². The first-order valence-electron chi connectivity index (χ1n) is 8.22. The minimum atomic E-state index is -0.234. The van der Waals surface area contributed by atoms with Crippen LogP contribution >= 0.6 is 11.8 Å². The van der Waals surface area contributed by atoms with Gasteiger partial charge in [0, 0.05) is 20.1 Å². The van der Waals surface area contributed by atoms with Crippen LogP contribution < -0.4 is 0 Å². The molecule has 6 nitrogen and oxygen atoms in total. The van der Waals surface area contributed by atoms with Gasteiger partial charge in [-0.2, -0.15) is 5.10 Å². The third kappa shape index (κ3) is 3.82. The van der Waals surface area contributed by atoms with E-state index in [1.807, 2.05) is 56.1 Å². The molecule has 25 heavy (non-hydrogen) atoms. The molecule has 130 valence electrons. The lowest BCUT2D eigenvalue weighted by molar-refractivity contribution is -0.130. The van der Waals surface area contributed by atoms with Crippen molar-refractivity contribution in [3.05, 3.63) is 48.4 Å². The molecule has 2 aromatic heterocycles. The number of amides is 1. The monoisotopic (exact) mass is 355 g/mol. The number of hydrogen-bond acceptors (Lipinski definition) is 5. The number of nitrogens with zero attached hydrogens (tertiary/aromatic N) is 5. The summed E-state index contributed by atoms with van der Waals surface area (Å²) in [6.07, 6.45) is 3.27. The van der Waals surface area contributed by atoms with Crippen LogP contribution in [0.3, 0.4) is 0 Å². The van der Waals surface area contributed by atoms with Crippen LogP contribution in [0.25, 0.3) is 11.0 Å². The summed E-state index contributed by atoms with van der Waals surface area (Å²) in [5.74, 6) is 0.104. The lowest BCUT2D eigenvalue weighted by atomic mass is 10.2. The first kappa shape index (κ1) is 17.4. The number of thioether (sulfide) groups is 1. The zero-order valence-electron chi connectivity index (χ0n) is 14.6. The number of carbonyl (C=O) groups excluding carboxylic acids is 1. The maximum atomic E-state index is 12.9. The summed E-state index contributed by atoms with van der Waals surface area (Å²) in [4.78, 5) is 23.3. The highest BCUT2D eigenvalue weighted by Gasteiger charge is 2.22. The Kier molecular flexibility index (Phi) is 5.33. The van der Waals surface area contributed by atoms with Gasteiger partial charge >= 0.3 is 0 Å². The summed E-state index contributed by atoms with van der Waals surface area (Å²) in [6.45, 7) is 5.21. The molecular formula is C18H21N5OS. The minimum Gasteiger partial charge on any atom is -0.338 e. The third-order valence-electron chi connectivity index (χ3n) is 4.04. The molecule has 0 aliphatic rings. The molecule has 2 heterocycles. The Morgan fingerprint density at radius 2 is 2.04 bits per heavy atom. The SMILES string of the molecule is CCN(Cc1ccccc1)C(=O)[C@H](C)Sc1ncnc2c1cnn2C. The van der Waals surface area contributed by atoms with Gasteiger partial charge in [-0.25, -0.2) is 9.97 Å². The van der Waals surface area contributed by atoms with Gasteiger partial charge in [-0.05, 0) is 19.4 Å². The second-order valence-electron chi connectivity index (χ2n) is 5.78. The van der Waals surface area contributed by atoms with Crippen molar-refractivity contribution in [1.29, 1.82) is 0 Å². The summed E-state index contributed by atoms with van der Waals surface area (Å²) < 4.78 is 1.71. The van der Waals surface area contributed by atoms with Crippen molar-refractivity contribution in [2.75, 3.05) is 6.54 Å². The zero-order valence-corrected chi connectivity index (χ0v) is 15.4. The van der Waals surface area contributed by atoms with Crippen molar-refractivity contribution < 1.29 is 4.79 Å². The molecule has 7 heteroatoms. The zero-order chi connectivity index (χ0) is 17.8. The first-order chi connectivity index (χ1) is 12.1. The van der Waals surface area contributed by atoms with E-state index in [2.05, 4.69) is 15.1 Å². The Labute approximate surface area is 151 Å². The highest BCUT2D eigenvalue weighted by molar-refractivity contribution is 8.00. The third-order valence-corrected chi connectivity index (χ3v) is 5.14. The number of rotatable bonds is 6. The molecule has 0 fully saturated rings. The first-order valence-corrected chi connectivity index (χ1v) is 9.10. The van der Waals surface area contributed by atoms with E-state index in [4.69, 9.17) is 0 Å². The molecule has 0 aliphatic heterocycles. The predicted octanol–water partition coefficient (Wildman–Crippen LogP) is 2.89. The number of benzene rings is 1. The van der Waals surface area contributed by atoms with E-state index in [1.165, 1.54) is 18.1 Å². The number of aromatic nitrogens is 4. The fraction of sp³-hybridized carbons (Fsp3) is 0.333. The standard InChI is InChI=1S/C18H21N5OS/c1-4-23(11-14-8-6-5-7-9-14)18(24)13(2)25-17-15-10-21-22(3)16(15)19-12-20-17/h5-10,12-13H,4,11H2,1-3H3/t13-/m0/s1. The fourth-order valence-corrected chi connectivity index (χ4v) is 3.62. The molecule has 1 aromatic carbocycles. The molecule has 0 saturated carbocycles. The molecule has 0 spiro atoms. The normalized spacial score (nSPS) is 12.3. The Hall–Kier alpha value is -2.41. The largest absolute Gasteiger partial charge is 0.338 e. The topological polar surface area (TPSA) is 63.9 Å². The van der Waals surface area contributed by atoms with E-state index in [0.29, 0.717) is 13.1 Å². The van der Waals surface area contributed by atoms with Gasteiger partial charge in [0.1, 0.15) is 11.4 Å². The summed E-state index contributed by atoms with van der Waals surface area (Å²) in [6, 6.07) is 10.0. The van der Waals surface area contributed by atoms with Crippen molar-refractivity contribution in [1.82, 2.24) is 24.6 Å². The summed E-state index contributed by atoms with van der Waals surface area (Å²) >= 11 is 1.45. The average Bonchev–Trinajstić information content (AvgIpc) is 3.02. The van der Waals surface area contributed by atoms with Gasteiger partial charge in [-0.15, -0.1) is 0 Å². The molecule has 0 radical (unpaired) electrons. The highest BCUT2D eigenvalue weighted by atomic mass is 32.2. The number of fused-ring (bicyclic) bond motifs is 1. The Balaban J connectivity index is 1.74. The fourth-order valence-electron chi connectivity index (χ4n) is 2.66. The van der Waals surface area contributed by atoms with Crippen molar-refractivity contribution in [2.24, 2.45) is 7.05 Å². The van der Waals surface area contributed by atoms with Gasteiger partial charge in [0.05, 0.1) is 16.8 Å². The molecular weight excluding hydrogens is 334 g/mol. The van der Waals surface area contributed by atoms with Crippen molar-refractivity contribution in [3.8, 4) is 0 Å². The molecule has 3 aromatic rings. The number of hydrogen-bond donors (Lipinski definition) is 0. The predicted molar refractivity (Wildman–Crippen MR) is 99.2 cm³/mol. The molecule has 0 bridgehead atoms. The van der Waals surface area contributed by atoms with Crippen LogP contribution in [0, 0.1) is 0 Å². The van der Waals surface area contributed by atoms with Crippen LogP contribution in [0.15, 0.2) is 47.9 Å². The van der Waals surface area contributed by atoms with Crippen LogP contribution in [0.4, 0.5) is 0 Å². The number of aryl methyl sites for hydroxylation is 1. The molecule has 1 amide bonds. The number of carbonyl (C=O) groups is 1. The molecule has 0 aliphatic carbocycles. The van der Waals surface area contributed by atoms with Crippen molar-refractivity contribution in [3.63, 3.8) is 0 Å². The van der Waals surface area contributed by atoms with Crippen LogP contribution in [-0.4, -0.2) is 42.4 Å². The Bertz CT molecular complexity index is 864. The van der Waals surface area contributed by atoms with Gasteiger partial charge in [0.15, 0.2) is 5.65 Å². The van der Waals surface area contributed by atoms with Crippen LogP contribution in [-0.2, 0) is 18.4 Å². The Morgan fingerprint density at radius 3 is 2.76 bits per heavy atom. The quantitative estimate of drug-likeness (QED) is 0.502. The van der Waals surface area contributed by atoms with Crippen molar-refractivity contribution >= 4 is 28.7 Å². The molecule has 1 atom stereocenters. The van der Waals surface area contributed by atoms with Gasteiger partial charge in [0.2, 0.25) is 5.91 Å². The molecule has 3 rings (SSSR count). The van der Waals surface area contributed by atoms with Gasteiger partial charge in [-0.1, -0.05) is 42.1 Å². The van der Waals surface area contributed by atoms with Gasteiger partial charge < -0.3 is 4.90 Å². The summed E-state index contributed by atoms with van der Waals surface area (Å²) in [7, 11) is 1.84. The van der Waals surface area contributed by atoms with Crippen LogP contribution in [0.5, 0.6) is 0 Å². The van der Waals surface area contributed by atoms with E-state index >= 15 is 0 Å². The van der Waals surface area contributed by atoms with E-state index in [0.717, 1.165) is 21.6 Å². The second kappa shape index (κ2) is 7.65.